The lowest BCUT2D eigenvalue weighted by molar-refractivity contribution is -0.156. The van der Waals surface area contributed by atoms with Gasteiger partial charge in [0.1, 0.15) is 36.4 Å². The van der Waals surface area contributed by atoms with E-state index in [2.05, 4.69) is 174 Å². The first kappa shape index (κ1) is 111. The van der Waals surface area contributed by atoms with Crippen LogP contribution in [0.15, 0.2) is 48.6 Å². The lowest BCUT2D eigenvalue weighted by Crippen LogP contribution is -2.39. The molecule has 0 saturated carbocycles. The number of rotatable bonds is 49. The number of aliphatic hydroxyl groups excluding tert-OH is 2. The van der Waals surface area contributed by atoms with Gasteiger partial charge in [0.2, 0.25) is 0 Å². The van der Waals surface area contributed by atoms with Gasteiger partial charge in [0.15, 0.2) is 0 Å². The van der Waals surface area contributed by atoms with Crippen molar-refractivity contribution in [2.45, 2.75) is 318 Å². The van der Waals surface area contributed by atoms with Crippen molar-refractivity contribution in [2.24, 2.45) is 0 Å². The molecule has 18 nitrogen and oxygen atoms in total. The standard InChI is InChI=1S/C17H30BrNO5.C15H24BrClO5.C14H7N.C13H21BrO3.C13H22O3.C13H28.CH4.12H2/c1-5-6-7-10-14(24-16(21)12-19(2)3)17(22)13(18)9-8-11-15(20)23-4;1-3-4-5-8-12(22-14(19)10-17)15(20)11(16)7-6-9-13(18)21-2;1-4-5-6-7-8-9-10-11-12-13-14-15(2)3;1-3-4-5-8-11-13(17-11)10(14)7-6-9-12(15)16-2;1-3-4-5-8-11-12(16-11)9-6-7-10-13(14)15-2;1-3-5-7-9-11-13-12-10-8-6-4-2;;;;;;;;;;;;;/h8-9,13-14,17,22H,5-7,10-12H2,1-4H3;6-7,11-12,15,20H,3-5,8-10H2,1-2H3;1H,2-3H3;6-7,10-11,13H,3-5,8-9H2,1-2H3;6-7,11-12H,3-5,8-10H2,1-2H3;3-13H2,1-2H3;1H4;12*1H/b9-8+;7-6+;;2*7-6+;;;;;;;;;;;;;;. The molecule has 638 valence electrons. The van der Waals surface area contributed by atoms with Crippen LogP contribution in [0.5, 0.6) is 0 Å². The second-order valence-electron chi connectivity index (χ2n) is 25.6. The quantitative estimate of drug-likeness (QED) is 0.00843. The number of aliphatic hydroxyl groups is 2. The van der Waals surface area contributed by atoms with Gasteiger partial charge in [-0.1, -0.05) is 280 Å². The number of hydrogen-bond donors (Lipinski definition) is 2. The summed E-state index contributed by atoms with van der Waals surface area (Å²) in [4.78, 5) is 69.9. The molecule has 2 fully saturated rings. The van der Waals surface area contributed by atoms with Crippen LogP contribution in [0, 0.1) is 71.7 Å². The fraction of sp³-hybridized carbons (Fsp3) is 0.698. The normalized spacial score (nSPS) is 15.9. The second kappa shape index (κ2) is 81.0. The Kier molecular flexibility index (Phi) is 83.3. The predicted octanol–water partition coefficient (Wildman–Crippen LogP) is 20.4. The molecule has 0 radical (unpaired) electrons. The Morgan fingerprint density at radius 2 is 0.815 bits per heavy atom. The third kappa shape index (κ3) is 74.6. The molecule has 0 aromatic rings. The van der Waals surface area contributed by atoms with Crippen LogP contribution in [0.3, 0.4) is 0 Å². The van der Waals surface area contributed by atoms with Crippen LogP contribution in [0.25, 0.3) is 0 Å². The molecule has 22 heteroatoms. The van der Waals surface area contributed by atoms with Gasteiger partial charge in [-0.3, -0.25) is 33.7 Å². The molecule has 0 aliphatic carbocycles. The largest absolute Gasteiger partial charge is 0.469 e. The Morgan fingerprint density at radius 3 is 1.19 bits per heavy atom. The van der Waals surface area contributed by atoms with Crippen molar-refractivity contribution in [3.05, 3.63) is 48.6 Å². The third-order valence-corrected chi connectivity index (χ3v) is 18.4. The molecule has 11 unspecified atom stereocenters. The Bertz CT molecular complexity index is 2870. The van der Waals surface area contributed by atoms with E-state index in [4.69, 9.17) is 37.0 Å². The molecule has 0 bridgehead atoms. The van der Waals surface area contributed by atoms with Crippen molar-refractivity contribution in [2.75, 3.05) is 69.1 Å². The van der Waals surface area contributed by atoms with Gasteiger partial charge >= 0.3 is 35.8 Å². The minimum atomic E-state index is -0.919. The van der Waals surface area contributed by atoms with Gasteiger partial charge in [-0.2, -0.15) is 0 Å². The number of alkyl halides is 4. The van der Waals surface area contributed by atoms with Crippen LogP contribution in [-0.4, -0.2) is 188 Å². The minimum absolute atomic E-state index is 0. The maximum atomic E-state index is 11.9. The molecule has 0 aromatic heterocycles. The fourth-order valence-electron chi connectivity index (χ4n) is 9.46. The van der Waals surface area contributed by atoms with E-state index in [1.807, 2.05) is 38.4 Å². The molecular weight excluding hydrogens is 1590 g/mol. The summed E-state index contributed by atoms with van der Waals surface area (Å²) in [5.74, 6) is 22.3. The van der Waals surface area contributed by atoms with E-state index in [1.165, 1.54) is 144 Å². The van der Waals surface area contributed by atoms with Gasteiger partial charge in [-0.25, -0.2) is 0 Å². The SMILES string of the molecule is C.C#CC#CC#CC#CC#CC#CN(C)C.CCCCCC(OC(=O)CCl)C(O)C(Br)/C=C/CC(=O)OC.CCCCCC(OC(=O)CN(C)C)C(O)C(Br)/C=C/CC(=O)OC.CCCCCC1OC1C(Br)/C=C/CC(=O)OC.CCCCCC1OC1C/C=C/CC(=O)OC.CCCCCCCCCCCCC.[HH].[HH].[HH].[HH].[HH].[HH].[HH].[HH].[HH].[HH].[HH].[HH]. The van der Waals surface area contributed by atoms with E-state index >= 15 is 0 Å². The van der Waals surface area contributed by atoms with E-state index in [-0.39, 0.29) is 90.6 Å². The van der Waals surface area contributed by atoms with Gasteiger partial charge < -0.3 is 53.0 Å². The highest BCUT2D eigenvalue weighted by atomic mass is 79.9. The number of unbranched alkanes of at least 4 members (excludes halogenated alkanes) is 18. The van der Waals surface area contributed by atoms with E-state index in [0.717, 1.165) is 51.4 Å². The van der Waals surface area contributed by atoms with Crippen molar-refractivity contribution in [1.82, 2.24) is 9.80 Å². The van der Waals surface area contributed by atoms with Crippen molar-refractivity contribution >= 4 is 95.2 Å². The highest BCUT2D eigenvalue weighted by Gasteiger charge is 2.42. The molecule has 2 aliphatic heterocycles. The van der Waals surface area contributed by atoms with Crippen molar-refractivity contribution < 1.29 is 94.0 Å². The topological polar surface area (TPSA) is 230 Å². The monoisotopic (exact) mass is 1750 g/mol. The number of esters is 6. The van der Waals surface area contributed by atoms with Gasteiger partial charge in [0.25, 0.3) is 0 Å². The number of terminal acetylenes is 1. The van der Waals surface area contributed by atoms with E-state index in [1.54, 1.807) is 48.2 Å². The number of carbonyl (C=O) groups is 6. The summed E-state index contributed by atoms with van der Waals surface area (Å²) < 4.78 is 39.9. The van der Waals surface area contributed by atoms with E-state index < -0.39 is 40.0 Å². The lowest BCUT2D eigenvalue weighted by atomic mass is 10.0. The summed E-state index contributed by atoms with van der Waals surface area (Å²) in [6.45, 7) is 13.3. The maximum Gasteiger partial charge on any atom is 0.321 e. The zero-order chi connectivity index (χ0) is 81.1. The number of ether oxygens (including phenoxy) is 8. The molecule has 0 aromatic carbocycles. The highest BCUT2D eigenvalue weighted by Crippen LogP contribution is 2.34. The van der Waals surface area contributed by atoms with E-state index in [9.17, 15) is 39.0 Å². The van der Waals surface area contributed by atoms with Crippen LogP contribution in [0.2, 0.25) is 0 Å². The molecule has 108 heavy (non-hydrogen) atoms. The summed E-state index contributed by atoms with van der Waals surface area (Å²) in [5.41, 5.74) is 0. The Morgan fingerprint density at radius 1 is 0.463 bits per heavy atom. The number of carbonyl (C=O) groups excluding carboxylic acids is 6. The first-order valence-electron chi connectivity index (χ1n) is 38.2. The minimum Gasteiger partial charge on any atom is -0.469 e. The first-order chi connectivity index (χ1) is 51.4. The van der Waals surface area contributed by atoms with Gasteiger partial charge in [-0.05, 0) is 88.6 Å². The molecule has 11 atom stereocenters. The lowest BCUT2D eigenvalue weighted by Gasteiger charge is -2.26. The van der Waals surface area contributed by atoms with Gasteiger partial charge in [0.05, 0.1) is 93.5 Å². The number of nitrogens with zero attached hydrogens (tertiary/aromatic N) is 2. The zero-order valence-corrected chi connectivity index (χ0v) is 72.6. The Hall–Kier alpha value is -5.53. The molecule has 2 heterocycles. The predicted molar refractivity (Wildman–Crippen MR) is 476 cm³/mol. The van der Waals surface area contributed by atoms with E-state index in [0.29, 0.717) is 44.0 Å². The summed E-state index contributed by atoms with van der Waals surface area (Å²) in [6.07, 6.45) is 52.3. The molecule has 2 N–H and O–H groups in total. The van der Waals surface area contributed by atoms with Crippen molar-refractivity contribution in [3.63, 3.8) is 0 Å². The van der Waals surface area contributed by atoms with Gasteiger partial charge in [-0.15, -0.1) is 18.0 Å². The van der Waals surface area contributed by atoms with Crippen molar-refractivity contribution in [1.29, 1.82) is 0 Å². The van der Waals surface area contributed by atoms with Crippen LogP contribution >= 0.6 is 59.4 Å². The maximum absolute atomic E-state index is 11.9. The summed E-state index contributed by atoms with van der Waals surface area (Å²) in [7, 11) is 12.7. The summed E-state index contributed by atoms with van der Waals surface area (Å²) >= 11 is 15.7. The molecule has 2 saturated heterocycles. The van der Waals surface area contributed by atoms with Crippen molar-refractivity contribution in [3.8, 4) is 71.7 Å². The van der Waals surface area contributed by atoms with Crippen LogP contribution < -0.4 is 0 Å². The molecule has 0 spiro atoms. The molecule has 2 rings (SSSR count). The van der Waals surface area contributed by atoms with Crippen LogP contribution in [-0.2, 0) is 66.7 Å². The van der Waals surface area contributed by atoms with Crippen LogP contribution in [0.4, 0.5) is 0 Å². The summed E-state index contributed by atoms with van der Waals surface area (Å²) in [6, 6.07) is 2.73. The number of hydrogen-bond acceptors (Lipinski definition) is 18. The highest BCUT2D eigenvalue weighted by molar-refractivity contribution is 9.10. The second-order valence-corrected chi connectivity index (χ2v) is 29.1. The first-order valence-corrected chi connectivity index (χ1v) is 41.4. The Balaban J connectivity index is -0.0000000699. The molecule has 2 aliphatic rings. The average Bonchev–Trinajstić information content (AvgIpc) is 1.68. The van der Waals surface area contributed by atoms with Crippen LogP contribution in [0.1, 0.15) is 272 Å². The number of likely N-dealkylation sites (N-methyl/N-ethyl adjacent to an activating group) is 1. The number of methoxy groups -OCH3 is 4. The fourth-order valence-corrected chi connectivity index (χ4v) is 11.3. The zero-order valence-electron chi connectivity index (χ0n) is 67.1. The smallest absolute Gasteiger partial charge is 0.321 e. The average molecular weight is 1750 g/mol. The van der Waals surface area contributed by atoms with Gasteiger partial charge in [0, 0.05) is 66.9 Å². The molecular formula is C86H160Br3ClN2O16. The molecule has 0 amide bonds. The summed E-state index contributed by atoms with van der Waals surface area (Å²) in [5, 5.41) is 20.8. The Labute approximate surface area is 702 Å². The third-order valence-electron chi connectivity index (χ3n) is 15.6. The number of halogens is 4. The number of epoxide rings is 2.